The number of carbonyl (C=O) groups is 1. The van der Waals surface area contributed by atoms with E-state index in [1.807, 2.05) is 0 Å². The van der Waals surface area contributed by atoms with E-state index in [4.69, 9.17) is 0 Å². The Hall–Kier alpha value is -0.660. The second-order valence-electron chi connectivity index (χ2n) is 2.32. The molecule has 0 aromatic rings. The summed E-state index contributed by atoms with van der Waals surface area (Å²) >= 11 is 0. The number of rotatable bonds is 7. The molecule has 0 aliphatic rings. The molecule has 2 heteroatoms. The minimum atomic E-state index is 0.710. The van der Waals surface area contributed by atoms with E-state index in [1.165, 1.54) is 6.42 Å². The van der Waals surface area contributed by atoms with Crippen LogP contribution in [-0.4, -0.2) is 19.5 Å². The summed E-state index contributed by atoms with van der Waals surface area (Å²) in [7, 11) is 0. The Labute approximate surface area is 62.4 Å². The Kier molecular flexibility index (Phi) is 7.79. The lowest BCUT2D eigenvalue weighted by molar-refractivity contribution is -0.107. The van der Waals surface area contributed by atoms with E-state index in [1.54, 1.807) is 0 Å². The van der Waals surface area contributed by atoms with Crippen LogP contribution in [0.25, 0.3) is 0 Å². The number of hydrogen-bond donors (Lipinski definition) is 0. The van der Waals surface area contributed by atoms with Gasteiger partial charge in [0.1, 0.15) is 6.29 Å². The first kappa shape index (κ1) is 9.34. The van der Waals surface area contributed by atoms with Crippen molar-refractivity contribution >= 4 is 13.0 Å². The Morgan fingerprint density at radius 1 is 1.20 bits per heavy atom. The summed E-state index contributed by atoms with van der Waals surface area (Å²) in [4.78, 5) is 13.6. The van der Waals surface area contributed by atoms with E-state index in [-0.39, 0.29) is 0 Å². The highest BCUT2D eigenvalue weighted by Crippen LogP contribution is 2.00. The molecule has 0 atom stereocenters. The Balaban J connectivity index is 2.76. The third-order valence-electron chi connectivity index (χ3n) is 1.39. The van der Waals surface area contributed by atoms with E-state index >= 15 is 0 Å². The first-order valence-electron chi connectivity index (χ1n) is 3.78. The monoisotopic (exact) mass is 141 g/mol. The van der Waals surface area contributed by atoms with Crippen molar-refractivity contribution in [1.29, 1.82) is 0 Å². The molecule has 58 valence electrons. The SMILES string of the molecule is C=NCCCCCCC=O. The molecule has 0 saturated carbocycles. The zero-order valence-corrected chi connectivity index (χ0v) is 6.38. The zero-order valence-electron chi connectivity index (χ0n) is 6.38. The molecule has 0 radical (unpaired) electrons. The number of unbranched alkanes of at least 4 members (excludes halogenated alkanes) is 4. The number of aliphatic imine (C=N–C) groups is 1. The first-order chi connectivity index (χ1) is 4.91. The van der Waals surface area contributed by atoms with E-state index in [9.17, 15) is 4.79 Å². The van der Waals surface area contributed by atoms with Gasteiger partial charge in [0.15, 0.2) is 0 Å². The standard InChI is InChI=1S/C8H15NO/c1-9-7-5-3-2-4-6-8-10/h8H,1-7H2. The summed E-state index contributed by atoms with van der Waals surface area (Å²) in [5, 5.41) is 0. The molecule has 0 fully saturated rings. The van der Waals surface area contributed by atoms with Gasteiger partial charge in [-0.15, -0.1) is 0 Å². The quantitative estimate of drug-likeness (QED) is 0.302. The van der Waals surface area contributed by atoms with Crippen LogP contribution in [0.5, 0.6) is 0 Å². The van der Waals surface area contributed by atoms with Crippen LogP contribution in [0.4, 0.5) is 0 Å². The number of carbonyl (C=O) groups excluding carboxylic acids is 1. The highest BCUT2D eigenvalue weighted by atomic mass is 16.1. The van der Waals surface area contributed by atoms with Crippen LogP contribution in [0.1, 0.15) is 32.1 Å². The Morgan fingerprint density at radius 3 is 2.50 bits per heavy atom. The maximum atomic E-state index is 9.87. The van der Waals surface area contributed by atoms with Gasteiger partial charge in [-0.1, -0.05) is 12.8 Å². The fourth-order valence-corrected chi connectivity index (χ4v) is 0.805. The molecule has 0 spiro atoms. The highest BCUT2D eigenvalue weighted by Gasteiger charge is 1.87. The lowest BCUT2D eigenvalue weighted by Gasteiger charge is -1.94. The average molecular weight is 141 g/mol. The minimum Gasteiger partial charge on any atom is -0.303 e. The van der Waals surface area contributed by atoms with Crippen molar-refractivity contribution in [3.05, 3.63) is 0 Å². The summed E-state index contributed by atoms with van der Waals surface area (Å²) in [5.74, 6) is 0. The highest BCUT2D eigenvalue weighted by molar-refractivity contribution is 5.48. The number of aldehydes is 1. The molecule has 0 aliphatic carbocycles. The largest absolute Gasteiger partial charge is 0.303 e. The van der Waals surface area contributed by atoms with E-state index < -0.39 is 0 Å². The fourth-order valence-electron chi connectivity index (χ4n) is 0.805. The number of hydrogen-bond acceptors (Lipinski definition) is 2. The third-order valence-corrected chi connectivity index (χ3v) is 1.39. The van der Waals surface area contributed by atoms with Crippen LogP contribution in [0, 0.1) is 0 Å². The first-order valence-corrected chi connectivity index (χ1v) is 3.78. The van der Waals surface area contributed by atoms with Gasteiger partial charge in [-0.2, -0.15) is 0 Å². The molecule has 2 nitrogen and oxygen atoms in total. The molecule has 0 bridgehead atoms. The van der Waals surface area contributed by atoms with Gasteiger partial charge in [-0.3, -0.25) is 0 Å². The molecule has 0 aromatic heterocycles. The smallest absolute Gasteiger partial charge is 0.119 e. The van der Waals surface area contributed by atoms with E-state index in [0.29, 0.717) is 6.42 Å². The minimum absolute atomic E-state index is 0.710. The molecule has 0 amide bonds. The molecule has 0 aromatic carbocycles. The Bertz CT molecular complexity index is 79.3. The molecular formula is C8H15NO. The molecular weight excluding hydrogens is 126 g/mol. The van der Waals surface area contributed by atoms with Gasteiger partial charge in [0.05, 0.1) is 0 Å². The van der Waals surface area contributed by atoms with Crippen LogP contribution >= 0.6 is 0 Å². The van der Waals surface area contributed by atoms with Crippen molar-refractivity contribution in [2.45, 2.75) is 32.1 Å². The summed E-state index contributed by atoms with van der Waals surface area (Å²) in [6, 6.07) is 0. The zero-order chi connectivity index (χ0) is 7.66. The molecule has 10 heavy (non-hydrogen) atoms. The second kappa shape index (κ2) is 8.34. The maximum Gasteiger partial charge on any atom is 0.119 e. The van der Waals surface area contributed by atoms with Crippen molar-refractivity contribution < 1.29 is 4.79 Å². The lowest BCUT2D eigenvalue weighted by Crippen LogP contribution is -1.82. The van der Waals surface area contributed by atoms with Gasteiger partial charge in [0.2, 0.25) is 0 Å². The lowest BCUT2D eigenvalue weighted by atomic mass is 10.1. The fraction of sp³-hybridized carbons (Fsp3) is 0.750. The topological polar surface area (TPSA) is 29.4 Å². The van der Waals surface area contributed by atoms with Crippen LogP contribution in [0.3, 0.4) is 0 Å². The van der Waals surface area contributed by atoms with Crippen molar-refractivity contribution in [2.75, 3.05) is 6.54 Å². The van der Waals surface area contributed by atoms with Gasteiger partial charge in [0, 0.05) is 13.0 Å². The summed E-state index contributed by atoms with van der Waals surface area (Å²) in [6.07, 6.45) is 6.15. The van der Waals surface area contributed by atoms with Crippen LogP contribution in [0.2, 0.25) is 0 Å². The summed E-state index contributed by atoms with van der Waals surface area (Å²) in [6.45, 7) is 4.25. The molecule has 0 saturated heterocycles. The number of nitrogens with zero attached hydrogens (tertiary/aromatic N) is 1. The van der Waals surface area contributed by atoms with Gasteiger partial charge < -0.3 is 9.79 Å². The van der Waals surface area contributed by atoms with Crippen LogP contribution in [-0.2, 0) is 4.79 Å². The molecule has 0 rings (SSSR count). The van der Waals surface area contributed by atoms with E-state index in [2.05, 4.69) is 11.7 Å². The van der Waals surface area contributed by atoms with E-state index in [0.717, 1.165) is 32.1 Å². The van der Waals surface area contributed by atoms with Crippen LogP contribution in [0.15, 0.2) is 4.99 Å². The van der Waals surface area contributed by atoms with Crippen molar-refractivity contribution in [3.63, 3.8) is 0 Å². The molecule has 0 aliphatic heterocycles. The van der Waals surface area contributed by atoms with Gasteiger partial charge in [-0.25, -0.2) is 0 Å². The third kappa shape index (κ3) is 7.34. The normalized spacial score (nSPS) is 9.20. The maximum absolute atomic E-state index is 9.87. The van der Waals surface area contributed by atoms with Crippen LogP contribution < -0.4 is 0 Å². The Morgan fingerprint density at radius 2 is 1.90 bits per heavy atom. The average Bonchev–Trinajstić information content (AvgIpc) is 1.97. The summed E-state index contributed by atoms with van der Waals surface area (Å²) < 4.78 is 0. The molecule has 0 unspecified atom stereocenters. The van der Waals surface area contributed by atoms with Gasteiger partial charge >= 0.3 is 0 Å². The predicted octanol–water partition coefficient (Wildman–Crippen LogP) is 1.84. The van der Waals surface area contributed by atoms with Crippen molar-refractivity contribution in [1.82, 2.24) is 0 Å². The van der Waals surface area contributed by atoms with Crippen molar-refractivity contribution in [2.24, 2.45) is 4.99 Å². The predicted molar refractivity (Wildman–Crippen MR) is 43.6 cm³/mol. The van der Waals surface area contributed by atoms with Gasteiger partial charge in [0.25, 0.3) is 0 Å². The molecule has 0 heterocycles. The van der Waals surface area contributed by atoms with Gasteiger partial charge in [-0.05, 0) is 19.6 Å². The summed E-state index contributed by atoms with van der Waals surface area (Å²) in [5.41, 5.74) is 0. The van der Waals surface area contributed by atoms with Crippen molar-refractivity contribution in [3.8, 4) is 0 Å². The molecule has 0 N–H and O–H groups in total. The second-order valence-corrected chi connectivity index (χ2v) is 2.32.